The second kappa shape index (κ2) is 8.50. The molecule has 0 fully saturated rings. The summed E-state index contributed by atoms with van der Waals surface area (Å²) in [6.07, 6.45) is 2.06. The first-order chi connectivity index (χ1) is 15.0. The molecular weight excluding hydrogens is 390 g/mol. The number of hydrogen-bond donors (Lipinski definition) is 1. The van der Waals surface area contributed by atoms with Gasteiger partial charge in [0.2, 0.25) is 0 Å². The molecule has 0 atom stereocenters. The lowest BCUT2D eigenvalue weighted by atomic mass is 9.89. The molecule has 3 aromatic rings. The van der Waals surface area contributed by atoms with Crippen LogP contribution in [0.3, 0.4) is 0 Å². The van der Waals surface area contributed by atoms with Gasteiger partial charge in [-0.05, 0) is 59.7 Å². The number of rotatable bonds is 4. The van der Waals surface area contributed by atoms with Gasteiger partial charge in [0.1, 0.15) is 23.1 Å². The maximum absolute atomic E-state index is 12.8. The van der Waals surface area contributed by atoms with Gasteiger partial charge in [-0.2, -0.15) is 5.26 Å². The summed E-state index contributed by atoms with van der Waals surface area (Å²) < 4.78 is 10.5. The van der Waals surface area contributed by atoms with Gasteiger partial charge in [-0.15, -0.1) is 0 Å². The van der Waals surface area contributed by atoms with Crippen LogP contribution in [0.1, 0.15) is 22.4 Å². The molecule has 2 aromatic carbocycles. The van der Waals surface area contributed by atoms with Gasteiger partial charge in [0.05, 0.1) is 19.9 Å². The molecule has 1 aromatic heterocycles. The largest absolute Gasteiger partial charge is 0.497 e. The number of benzene rings is 2. The molecule has 0 bridgehead atoms. The highest BCUT2D eigenvalue weighted by molar-refractivity contribution is 5.87. The minimum Gasteiger partial charge on any atom is -0.497 e. The fourth-order valence-corrected chi connectivity index (χ4v) is 3.97. The number of ether oxygens (including phenoxy) is 2. The van der Waals surface area contributed by atoms with Crippen LogP contribution in [0.25, 0.3) is 22.8 Å². The van der Waals surface area contributed by atoms with Crippen molar-refractivity contribution in [3.05, 3.63) is 81.3 Å². The summed E-state index contributed by atoms with van der Waals surface area (Å²) in [4.78, 5) is 18.0. The summed E-state index contributed by atoms with van der Waals surface area (Å²) in [7, 11) is 5.27. The number of H-pyrrole nitrogens is 1. The van der Waals surface area contributed by atoms with Gasteiger partial charge in [-0.25, -0.2) is 0 Å². The molecule has 6 heteroatoms. The molecule has 0 unspecified atom stereocenters. The molecule has 1 aliphatic heterocycles. The van der Waals surface area contributed by atoms with Crippen LogP contribution in [-0.4, -0.2) is 37.7 Å². The van der Waals surface area contributed by atoms with Crippen LogP contribution in [-0.2, 0) is 6.54 Å². The van der Waals surface area contributed by atoms with E-state index in [9.17, 15) is 10.1 Å². The Labute approximate surface area is 181 Å². The monoisotopic (exact) mass is 413 g/mol. The van der Waals surface area contributed by atoms with Crippen molar-refractivity contribution in [3.8, 4) is 28.7 Å². The SMILES string of the molecule is COc1ccc(/C=C2/CN(C)Cc3c2[nH]c(=O)c(C#N)c3-c2ccc(OC)cc2)cc1. The molecule has 156 valence electrons. The minimum absolute atomic E-state index is 0.128. The van der Waals surface area contributed by atoms with E-state index in [1.807, 2.05) is 55.6 Å². The molecule has 31 heavy (non-hydrogen) atoms. The van der Waals surface area contributed by atoms with Gasteiger partial charge in [0, 0.05) is 18.7 Å². The lowest BCUT2D eigenvalue weighted by Gasteiger charge is -2.29. The quantitative estimate of drug-likeness (QED) is 0.702. The highest BCUT2D eigenvalue weighted by atomic mass is 16.5. The molecule has 6 nitrogen and oxygen atoms in total. The maximum atomic E-state index is 12.8. The van der Waals surface area contributed by atoms with Crippen LogP contribution in [0.2, 0.25) is 0 Å². The van der Waals surface area contributed by atoms with Crippen molar-refractivity contribution in [3.63, 3.8) is 0 Å². The summed E-state index contributed by atoms with van der Waals surface area (Å²) in [6.45, 7) is 1.31. The third kappa shape index (κ3) is 3.96. The van der Waals surface area contributed by atoms with Crippen molar-refractivity contribution in [1.82, 2.24) is 9.88 Å². The predicted molar refractivity (Wildman–Crippen MR) is 121 cm³/mol. The summed E-state index contributed by atoms with van der Waals surface area (Å²) in [5.74, 6) is 1.51. The Morgan fingerprint density at radius 2 is 1.61 bits per heavy atom. The summed E-state index contributed by atoms with van der Waals surface area (Å²) in [5, 5.41) is 9.74. The van der Waals surface area contributed by atoms with Gasteiger partial charge < -0.3 is 14.5 Å². The molecule has 0 aliphatic carbocycles. The van der Waals surface area contributed by atoms with Crippen LogP contribution in [0.5, 0.6) is 11.5 Å². The third-order valence-electron chi connectivity index (χ3n) is 5.46. The van der Waals surface area contributed by atoms with Crippen LogP contribution >= 0.6 is 0 Å². The van der Waals surface area contributed by atoms with Crippen molar-refractivity contribution in [2.24, 2.45) is 0 Å². The van der Waals surface area contributed by atoms with E-state index in [2.05, 4.69) is 22.0 Å². The molecule has 0 amide bonds. The number of nitriles is 1. The van der Waals surface area contributed by atoms with Gasteiger partial charge >= 0.3 is 0 Å². The summed E-state index contributed by atoms with van der Waals surface area (Å²) >= 11 is 0. The van der Waals surface area contributed by atoms with Crippen molar-refractivity contribution >= 4 is 11.6 Å². The van der Waals surface area contributed by atoms with Gasteiger partial charge in [-0.3, -0.25) is 9.69 Å². The van der Waals surface area contributed by atoms with Crippen molar-refractivity contribution in [2.45, 2.75) is 6.54 Å². The minimum atomic E-state index is -0.378. The Kier molecular flexibility index (Phi) is 5.61. The van der Waals surface area contributed by atoms with Crippen molar-refractivity contribution in [1.29, 1.82) is 5.26 Å². The van der Waals surface area contributed by atoms with Gasteiger partial charge in [0.15, 0.2) is 0 Å². The second-order valence-electron chi connectivity index (χ2n) is 7.51. The van der Waals surface area contributed by atoms with E-state index in [1.54, 1.807) is 14.2 Å². The molecule has 1 N–H and O–H groups in total. The zero-order valence-electron chi connectivity index (χ0n) is 17.7. The third-order valence-corrected chi connectivity index (χ3v) is 5.46. The first-order valence-corrected chi connectivity index (χ1v) is 9.91. The van der Waals surface area contributed by atoms with E-state index in [0.29, 0.717) is 18.7 Å². The fourth-order valence-electron chi connectivity index (χ4n) is 3.97. The smallest absolute Gasteiger partial charge is 0.266 e. The Morgan fingerprint density at radius 1 is 1.00 bits per heavy atom. The molecule has 0 radical (unpaired) electrons. The van der Waals surface area contributed by atoms with Crippen LogP contribution in [0.4, 0.5) is 0 Å². The van der Waals surface area contributed by atoms with Crippen LogP contribution < -0.4 is 15.0 Å². The van der Waals surface area contributed by atoms with E-state index in [0.717, 1.165) is 39.5 Å². The molecule has 1 aliphatic rings. The highest BCUT2D eigenvalue weighted by Crippen LogP contribution is 2.35. The molecule has 0 saturated heterocycles. The number of methoxy groups -OCH3 is 2. The van der Waals surface area contributed by atoms with Gasteiger partial charge in [0.25, 0.3) is 5.56 Å². The topological polar surface area (TPSA) is 78.4 Å². The lowest BCUT2D eigenvalue weighted by Crippen LogP contribution is -2.30. The van der Waals surface area contributed by atoms with E-state index in [1.165, 1.54) is 0 Å². The van der Waals surface area contributed by atoms with Crippen molar-refractivity contribution in [2.75, 3.05) is 27.8 Å². The molecular formula is C25H23N3O3. The van der Waals surface area contributed by atoms with Crippen LogP contribution in [0, 0.1) is 11.3 Å². The zero-order valence-corrected chi connectivity index (χ0v) is 17.7. The Morgan fingerprint density at radius 3 is 2.19 bits per heavy atom. The van der Waals surface area contributed by atoms with E-state index < -0.39 is 0 Å². The number of nitrogens with zero attached hydrogens (tertiary/aromatic N) is 2. The Bertz CT molecular complexity index is 1230. The highest BCUT2D eigenvalue weighted by Gasteiger charge is 2.26. The Balaban J connectivity index is 1.91. The number of nitrogens with one attached hydrogen (secondary N) is 1. The molecule has 2 heterocycles. The average molecular weight is 413 g/mol. The standard InChI is InChI=1S/C25H23N3O3/c1-28-14-18(12-16-4-8-19(30-2)9-5-16)24-22(15-28)23(21(13-26)25(29)27-24)17-6-10-20(31-3)11-7-17/h4-12H,14-15H2,1-3H3,(H,27,29)/b18-12-. The number of pyridine rings is 1. The summed E-state index contributed by atoms with van der Waals surface area (Å²) in [5.41, 5.74) is 4.97. The van der Waals surface area contributed by atoms with Crippen molar-refractivity contribution < 1.29 is 9.47 Å². The second-order valence-corrected chi connectivity index (χ2v) is 7.51. The van der Waals surface area contributed by atoms with E-state index in [4.69, 9.17) is 9.47 Å². The van der Waals surface area contributed by atoms with E-state index in [-0.39, 0.29) is 11.1 Å². The first-order valence-electron chi connectivity index (χ1n) is 9.91. The lowest BCUT2D eigenvalue weighted by molar-refractivity contribution is 0.358. The number of fused-ring (bicyclic) bond motifs is 1. The Hall–Kier alpha value is -3.82. The molecule has 0 spiro atoms. The molecule has 0 saturated carbocycles. The van der Waals surface area contributed by atoms with Gasteiger partial charge in [-0.1, -0.05) is 24.3 Å². The average Bonchev–Trinajstić information content (AvgIpc) is 2.79. The zero-order chi connectivity index (χ0) is 22.0. The number of hydrogen-bond acceptors (Lipinski definition) is 5. The molecule has 4 rings (SSSR count). The van der Waals surface area contributed by atoms with E-state index >= 15 is 0 Å². The first kappa shape index (κ1) is 20.5. The fraction of sp³-hybridized carbons (Fsp3) is 0.200. The maximum Gasteiger partial charge on any atom is 0.266 e. The normalized spacial score (nSPS) is 14.7. The van der Waals surface area contributed by atoms with Crippen LogP contribution in [0.15, 0.2) is 53.3 Å². The number of aromatic amines is 1. The predicted octanol–water partition coefficient (Wildman–Crippen LogP) is 3.92. The summed E-state index contributed by atoms with van der Waals surface area (Å²) in [6, 6.07) is 17.3. The number of aromatic nitrogens is 1. The number of likely N-dealkylation sites (N-methyl/N-ethyl adjacent to an activating group) is 1.